The molecule has 3 nitrogen and oxygen atoms in total. The fourth-order valence-electron chi connectivity index (χ4n) is 3.16. The van der Waals surface area contributed by atoms with Crippen molar-refractivity contribution in [3.05, 3.63) is 0 Å². The van der Waals surface area contributed by atoms with Crippen LogP contribution in [0.15, 0.2) is 0 Å². The molecular formula is C14H21F2NO2. The van der Waals surface area contributed by atoms with E-state index < -0.39 is 11.8 Å². The van der Waals surface area contributed by atoms with Gasteiger partial charge in [0.1, 0.15) is 5.78 Å². The molecule has 2 aliphatic rings. The van der Waals surface area contributed by atoms with Gasteiger partial charge in [-0.25, -0.2) is 8.78 Å². The maximum atomic E-state index is 13.4. The van der Waals surface area contributed by atoms with Gasteiger partial charge in [-0.2, -0.15) is 0 Å². The summed E-state index contributed by atoms with van der Waals surface area (Å²) in [7, 11) is 1.69. The Bertz CT molecular complexity index is 360. The van der Waals surface area contributed by atoms with E-state index in [1.165, 1.54) is 0 Å². The van der Waals surface area contributed by atoms with Crippen LogP contribution >= 0.6 is 0 Å². The predicted octanol–water partition coefficient (Wildman–Crippen LogP) is 2.78. The third-order valence-electron chi connectivity index (χ3n) is 4.40. The Morgan fingerprint density at radius 1 is 1.26 bits per heavy atom. The molecule has 0 spiro atoms. The number of nitrogens with zero attached hydrogens (tertiary/aromatic N) is 1. The van der Waals surface area contributed by atoms with E-state index in [4.69, 9.17) is 0 Å². The van der Waals surface area contributed by atoms with Crippen molar-refractivity contribution in [2.24, 2.45) is 5.92 Å². The summed E-state index contributed by atoms with van der Waals surface area (Å²) in [4.78, 5) is 25.1. The van der Waals surface area contributed by atoms with Crippen LogP contribution in [0.5, 0.6) is 0 Å². The Morgan fingerprint density at radius 2 is 1.89 bits per heavy atom. The van der Waals surface area contributed by atoms with Crippen LogP contribution < -0.4 is 0 Å². The lowest BCUT2D eigenvalue weighted by atomic mass is 9.84. The van der Waals surface area contributed by atoms with Crippen LogP contribution in [0.1, 0.15) is 51.4 Å². The first-order chi connectivity index (χ1) is 8.89. The fourth-order valence-corrected chi connectivity index (χ4v) is 3.16. The molecule has 1 unspecified atom stereocenters. The van der Waals surface area contributed by atoms with Crippen LogP contribution in [0, 0.1) is 5.92 Å². The molecule has 2 aliphatic carbocycles. The number of ketones is 1. The van der Waals surface area contributed by atoms with Crippen molar-refractivity contribution in [1.82, 2.24) is 4.90 Å². The van der Waals surface area contributed by atoms with Gasteiger partial charge < -0.3 is 4.90 Å². The van der Waals surface area contributed by atoms with E-state index in [1.807, 2.05) is 0 Å². The van der Waals surface area contributed by atoms with E-state index in [1.54, 1.807) is 11.9 Å². The third kappa shape index (κ3) is 3.51. The molecule has 108 valence electrons. The number of halogens is 2. The molecule has 0 heterocycles. The van der Waals surface area contributed by atoms with Gasteiger partial charge >= 0.3 is 0 Å². The first kappa shape index (κ1) is 14.4. The fraction of sp³-hybridized carbons (Fsp3) is 0.857. The SMILES string of the molecule is CN(C(=O)C1CCCC(F)(F)C1)C1CCC(=O)CC1. The highest BCUT2D eigenvalue weighted by Gasteiger charge is 2.41. The van der Waals surface area contributed by atoms with Gasteiger partial charge in [0.05, 0.1) is 0 Å². The molecule has 1 atom stereocenters. The smallest absolute Gasteiger partial charge is 0.248 e. The van der Waals surface area contributed by atoms with E-state index >= 15 is 0 Å². The van der Waals surface area contributed by atoms with Gasteiger partial charge in [-0.3, -0.25) is 9.59 Å². The number of hydrogen-bond donors (Lipinski definition) is 0. The van der Waals surface area contributed by atoms with E-state index in [9.17, 15) is 18.4 Å². The summed E-state index contributed by atoms with van der Waals surface area (Å²) in [6.07, 6.45) is 2.91. The van der Waals surface area contributed by atoms with Crippen molar-refractivity contribution < 1.29 is 18.4 Å². The molecule has 5 heteroatoms. The molecule has 0 aromatic carbocycles. The minimum atomic E-state index is -2.69. The monoisotopic (exact) mass is 273 g/mol. The molecule has 0 aromatic heterocycles. The van der Waals surface area contributed by atoms with E-state index in [0.29, 0.717) is 38.5 Å². The maximum Gasteiger partial charge on any atom is 0.248 e. The van der Waals surface area contributed by atoms with Gasteiger partial charge in [0.2, 0.25) is 11.8 Å². The number of carbonyl (C=O) groups is 2. The van der Waals surface area contributed by atoms with Crippen LogP contribution in [0.25, 0.3) is 0 Å². The summed E-state index contributed by atoms with van der Waals surface area (Å²) in [5.74, 6) is -3.17. The zero-order valence-electron chi connectivity index (χ0n) is 11.3. The molecular weight excluding hydrogens is 252 g/mol. The van der Waals surface area contributed by atoms with Gasteiger partial charge in [0, 0.05) is 44.7 Å². The summed E-state index contributed by atoms with van der Waals surface area (Å²) >= 11 is 0. The van der Waals surface area contributed by atoms with Crippen LogP contribution in [0.3, 0.4) is 0 Å². The lowest BCUT2D eigenvalue weighted by Gasteiger charge is -2.36. The van der Waals surface area contributed by atoms with Crippen molar-refractivity contribution in [3.8, 4) is 0 Å². The summed E-state index contributed by atoms with van der Waals surface area (Å²) in [5.41, 5.74) is 0. The molecule has 2 saturated carbocycles. The zero-order valence-corrected chi connectivity index (χ0v) is 11.3. The normalized spacial score (nSPS) is 28.2. The maximum absolute atomic E-state index is 13.4. The first-order valence-electron chi connectivity index (χ1n) is 7.05. The van der Waals surface area contributed by atoms with Crippen molar-refractivity contribution in [3.63, 3.8) is 0 Å². The molecule has 2 rings (SSSR count). The Kier molecular flexibility index (Phi) is 4.21. The Hall–Kier alpha value is -1.00. The lowest BCUT2D eigenvalue weighted by molar-refractivity contribution is -0.144. The van der Waals surface area contributed by atoms with Gasteiger partial charge in [-0.1, -0.05) is 0 Å². The second-order valence-electron chi connectivity index (χ2n) is 5.87. The van der Waals surface area contributed by atoms with Crippen molar-refractivity contribution in [2.75, 3.05) is 7.05 Å². The topological polar surface area (TPSA) is 37.4 Å². The number of rotatable bonds is 2. The van der Waals surface area contributed by atoms with E-state index in [-0.39, 0.29) is 30.6 Å². The molecule has 0 N–H and O–H groups in total. The standard InChI is InChI=1S/C14H21F2NO2/c1-17(11-4-6-12(18)7-5-11)13(19)10-3-2-8-14(15,16)9-10/h10-11H,2-9H2,1H3. The predicted molar refractivity (Wildman–Crippen MR) is 66.9 cm³/mol. The largest absolute Gasteiger partial charge is 0.343 e. The third-order valence-corrected chi connectivity index (χ3v) is 4.40. The average Bonchev–Trinajstić information content (AvgIpc) is 2.37. The molecule has 0 bridgehead atoms. The van der Waals surface area contributed by atoms with Crippen molar-refractivity contribution in [2.45, 2.75) is 63.3 Å². The first-order valence-corrected chi connectivity index (χ1v) is 7.05. The quantitative estimate of drug-likeness (QED) is 0.776. The second-order valence-corrected chi connectivity index (χ2v) is 5.87. The Morgan fingerprint density at radius 3 is 2.47 bits per heavy atom. The second kappa shape index (κ2) is 5.55. The van der Waals surface area contributed by atoms with Gasteiger partial charge in [-0.05, 0) is 25.7 Å². The number of alkyl halides is 2. The Balaban J connectivity index is 1.93. The zero-order chi connectivity index (χ0) is 14.0. The van der Waals surface area contributed by atoms with Crippen LogP contribution in [-0.4, -0.2) is 35.6 Å². The highest BCUT2D eigenvalue weighted by Crippen LogP contribution is 2.37. The summed E-state index contributed by atoms with van der Waals surface area (Å²) < 4.78 is 26.7. The van der Waals surface area contributed by atoms with E-state index in [0.717, 1.165) is 0 Å². The van der Waals surface area contributed by atoms with Crippen LogP contribution in [0.4, 0.5) is 8.78 Å². The molecule has 0 saturated heterocycles. The van der Waals surface area contributed by atoms with Gasteiger partial charge in [-0.15, -0.1) is 0 Å². The van der Waals surface area contributed by atoms with Gasteiger partial charge in [0.25, 0.3) is 0 Å². The lowest BCUT2D eigenvalue weighted by Crippen LogP contribution is -2.44. The summed E-state index contributed by atoms with van der Waals surface area (Å²) in [6.45, 7) is 0. The molecule has 0 aromatic rings. The number of hydrogen-bond acceptors (Lipinski definition) is 2. The number of carbonyl (C=O) groups excluding carboxylic acids is 2. The minimum Gasteiger partial charge on any atom is -0.343 e. The van der Waals surface area contributed by atoms with Crippen LogP contribution in [0.2, 0.25) is 0 Å². The van der Waals surface area contributed by atoms with Gasteiger partial charge in [0.15, 0.2) is 0 Å². The minimum absolute atomic E-state index is 0.0424. The highest BCUT2D eigenvalue weighted by atomic mass is 19.3. The molecule has 2 fully saturated rings. The highest BCUT2D eigenvalue weighted by molar-refractivity contribution is 5.81. The van der Waals surface area contributed by atoms with Crippen molar-refractivity contribution >= 4 is 11.7 Å². The Labute approximate surface area is 112 Å². The summed E-state index contributed by atoms with van der Waals surface area (Å²) in [5, 5.41) is 0. The van der Waals surface area contributed by atoms with Crippen molar-refractivity contribution in [1.29, 1.82) is 0 Å². The number of Topliss-reactive ketones (excluding diaryl/α,β-unsaturated/α-hetero) is 1. The summed E-state index contributed by atoms with van der Waals surface area (Å²) in [6, 6.07) is 0.0424. The molecule has 0 aliphatic heterocycles. The number of amides is 1. The molecule has 19 heavy (non-hydrogen) atoms. The average molecular weight is 273 g/mol. The molecule has 1 amide bonds. The van der Waals surface area contributed by atoms with E-state index in [2.05, 4.69) is 0 Å². The van der Waals surface area contributed by atoms with Crippen LogP contribution in [-0.2, 0) is 9.59 Å². The molecule has 0 radical (unpaired) electrons.